The van der Waals surface area contributed by atoms with Crippen molar-refractivity contribution in [3.8, 4) is 17.6 Å². The van der Waals surface area contributed by atoms with Crippen molar-refractivity contribution in [3.05, 3.63) is 30.0 Å². The zero-order chi connectivity index (χ0) is 17.5. The van der Waals surface area contributed by atoms with Gasteiger partial charge in [-0.1, -0.05) is 0 Å². The lowest BCUT2D eigenvalue weighted by Gasteiger charge is -2.27. The highest BCUT2D eigenvalue weighted by Crippen LogP contribution is 2.34. The van der Waals surface area contributed by atoms with Gasteiger partial charge in [0.15, 0.2) is 11.5 Å². The van der Waals surface area contributed by atoms with Crippen molar-refractivity contribution in [1.82, 2.24) is 15.5 Å². The van der Waals surface area contributed by atoms with Crippen LogP contribution in [-0.4, -0.2) is 56.9 Å². The zero-order valence-corrected chi connectivity index (χ0v) is 13.9. The molecule has 2 aliphatic rings. The van der Waals surface area contributed by atoms with Crippen LogP contribution in [0, 0.1) is 11.3 Å². The van der Waals surface area contributed by atoms with E-state index in [1.54, 1.807) is 18.2 Å². The summed E-state index contributed by atoms with van der Waals surface area (Å²) < 4.78 is 10.5. The van der Waals surface area contributed by atoms with Gasteiger partial charge in [0, 0.05) is 57.2 Å². The first-order valence-corrected chi connectivity index (χ1v) is 8.24. The minimum Gasteiger partial charge on any atom is -0.454 e. The molecule has 0 aromatic heterocycles. The molecule has 1 aromatic carbocycles. The van der Waals surface area contributed by atoms with Crippen LogP contribution >= 0.6 is 0 Å². The molecule has 1 amide bonds. The molecule has 0 unspecified atom stereocenters. The fraction of sp³-hybridized carbons (Fsp3) is 0.412. The molecule has 2 heterocycles. The van der Waals surface area contributed by atoms with Crippen molar-refractivity contribution in [3.63, 3.8) is 0 Å². The van der Waals surface area contributed by atoms with E-state index in [4.69, 9.17) is 9.47 Å². The number of rotatable bonds is 6. The van der Waals surface area contributed by atoms with Crippen molar-refractivity contribution in [1.29, 1.82) is 5.26 Å². The number of nitrogens with one attached hydrogen (secondary N) is 3. The summed E-state index contributed by atoms with van der Waals surface area (Å²) >= 11 is 0. The highest BCUT2D eigenvalue weighted by Gasteiger charge is 2.14. The molecule has 0 saturated carbocycles. The van der Waals surface area contributed by atoms with E-state index in [0.29, 0.717) is 23.7 Å². The molecule has 8 nitrogen and oxygen atoms in total. The quantitative estimate of drug-likeness (QED) is 0.503. The summed E-state index contributed by atoms with van der Waals surface area (Å²) in [6, 6.07) is 7.25. The van der Waals surface area contributed by atoms with E-state index >= 15 is 0 Å². The molecule has 0 spiro atoms. The van der Waals surface area contributed by atoms with Crippen LogP contribution < -0.4 is 25.4 Å². The summed E-state index contributed by atoms with van der Waals surface area (Å²) in [6.45, 7) is 5.38. The molecule has 8 heteroatoms. The largest absolute Gasteiger partial charge is 0.454 e. The molecule has 3 N–H and O–H groups in total. The number of amides is 1. The number of piperazine rings is 1. The third-order valence-electron chi connectivity index (χ3n) is 4.04. The Kier molecular flexibility index (Phi) is 5.72. The van der Waals surface area contributed by atoms with Crippen LogP contribution in [0.25, 0.3) is 0 Å². The molecule has 1 aromatic rings. The first kappa shape index (κ1) is 17.1. The fourth-order valence-corrected chi connectivity index (χ4v) is 2.65. The summed E-state index contributed by atoms with van der Waals surface area (Å²) in [4.78, 5) is 14.4. The highest BCUT2D eigenvalue weighted by atomic mass is 16.7. The van der Waals surface area contributed by atoms with Crippen LogP contribution in [-0.2, 0) is 4.79 Å². The summed E-state index contributed by atoms with van der Waals surface area (Å²) in [5.74, 6) is 0.934. The van der Waals surface area contributed by atoms with E-state index in [0.717, 1.165) is 32.7 Å². The van der Waals surface area contributed by atoms with Crippen molar-refractivity contribution in [2.24, 2.45) is 0 Å². The van der Waals surface area contributed by atoms with Gasteiger partial charge in [-0.25, -0.2) is 0 Å². The Labute approximate surface area is 146 Å². The summed E-state index contributed by atoms with van der Waals surface area (Å²) in [7, 11) is 0. The van der Waals surface area contributed by atoms with Crippen LogP contribution in [0.3, 0.4) is 0 Å². The maximum Gasteiger partial charge on any atom is 0.263 e. The molecular weight excluding hydrogens is 322 g/mol. The van der Waals surface area contributed by atoms with Gasteiger partial charge in [0.05, 0.1) is 0 Å². The molecule has 132 valence electrons. The predicted molar refractivity (Wildman–Crippen MR) is 92.2 cm³/mol. The SMILES string of the molecule is N#C/C(=C/Nc1ccc2c(c1)OCO2)C(=O)NCCN1CCNCC1. The lowest BCUT2D eigenvalue weighted by molar-refractivity contribution is -0.117. The number of anilines is 1. The van der Waals surface area contributed by atoms with Gasteiger partial charge in [-0.2, -0.15) is 5.26 Å². The predicted octanol–water partition coefficient (Wildman–Crippen LogP) is 0.256. The molecule has 2 aliphatic heterocycles. The van der Waals surface area contributed by atoms with Gasteiger partial charge >= 0.3 is 0 Å². The topological polar surface area (TPSA) is 98.6 Å². The lowest BCUT2D eigenvalue weighted by Crippen LogP contribution is -2.46. The van der Waals surface area contributed by atoms with E-state index in [2.05, 4.69) is 20.9 Å². The number of hydrogen-bond acceptors (Lipinski definition) is 7. The third-order valence-corrected chi connectivity index (χ3v) is 4.04. The number of ether oxygens (including phenoxy) is 2. The van der Waals surface area contributed by atoms with Gasteiger partial charge < -0.3 is 25.4 Å². The highest BCUT2D eigenvalue weighted by molar-refractivity contribution is 5.97. The number of nitriles is 1. The standard InChI is InChI=1S/C17H21N5O3/c18-10-13(17(23)20-5-8-22-6-3-19-4-7-22)11-21-14-1-2-15-16(9-14)25-12-24-15/h1-2,9,11,19,21H,3-8,12H2,(H,20,23)/b13-11-. The van der Waals surface area contributed by atoms with Gasteiger partial charge in [-0.15, -0.1) is 0 Å². The second-order valence-corrected chi connectivity index (χ2v) is 5.73. The van der Waals surface area contributed by atoms with Crippen molar-refractivity contribution in [2.75, 3.05) is 51.4 Å². The van der Waals surface area contributed by atoms with Gasteiger partial charge in [0.2, 0.25) is 6.79 Å². The molecule has 25 heavy (non-hydrogen) atoms. The molecular formula is C17H21N5O3. The first-order valence-electron chi connectivity index (χ1n) is 8.24. The average Bonchev–Trinajstić information content (AvgIpc) is 3.11. The van der Waals surface area contributed by atoms with Crippen LogP contribution in [0.15, 0.2) is 30.0 Å². The fourth-order valence-electron chi connectivity index (χ4n) is 2.65. The zero-order valence-electron chi connectivity index (χ0n) is 13.9. The molecule has 0 atom stereocenters. The summed E-state index contributed by atoms with van der Waals surface area (Å²) in [5, 5.41) is 18.2. The number of fused-ring (bicyclic) bond motifs is 1. The Hall–Kier alpha value is -2.76. The maximum atomic E-state index is 12.1. The Morgan fingerprint density at radius 3 is 2.92 bits per heavy atom. The van der Waals surface area contributed by atoms with Gasteiger partial charge in [-0.05, 0) is 12.1 Å². The molecule has 0 bridgehead atoms. The minimum absolute atomic E-state index is 0.0259. The summed E-state index contributed by atoms with van der Waals surface area (Å²) in [6.07, 6.45) is 1.40. The second-order valence-electron chi connectivity index (χ2n) is 5.73. The Balaban J connectivity index is 1.49. The Morgan fingerprint density at radius 1 is 1.32 bits per heavy atom. The van der Waals surface area contributed by atoms with Crippen molar-refractivity contribution < 1.29 is 14.3 Å². The Bertz CT molecular complexity index is 692. The third kappa shape index (κ3) is 4.62. The summed E-state index contributed by atoms with van der Waals surface area (Å²) in [5.41, 5.74) is 0.739. The van der Waals surface area contributed by atoms with E-state index in [1.165, 1.54) is 6.20 Å². The minimum atomic E-state index is -0.383. The maximum absolute atomic E-state index is 12.1. The number of benzene rings is 1. The monoisotopic (exact) mass is 343 g/mol. The number of carbonyl (C=O) groups excluding carboxylic acids is 1. The normalized spacial score (nSPS) is 17.0. The second kappa shape index (κ2) is 8.37. The average molecular weight is 343 g/mol. The Morgan fingerprint density at radius 2 is 2.12 bits per heavy atom. The van der Waals surface area contributed by atoms with Gasteiger partial charge in [0.1, 0.15) is 11.6 Å². The molecule has 0 aliphatic carbocycles. The van der Waals surface area contributed by atoms with Crippen LogP contribution in [0.4, 0.5) is 5.69 Å². The molecule has 1 saturated heterocycles. The molecule has 1 fully saturated rings. The van der Waals surface area contributed by atoms with E-state index < -0.39 is 0 Å². The van der Waals surface area contributed by atoms with Crippen molar-refractivity contribution >= 4 is 11.6 Å². The van der Waals surface area contributed by atoms with Crippen molar-refractivity contribution in [2.45, 2.75) is 0 Å². The first-order chi connectivity index (χ1) is 12.3. The molecule has 0 radical (unpaired) electrons. The van der Waals surface area contributed by atoms with Gasteiger partial charge in [-0.3, -0.25) is 9.69 Å². The van der Waals surface area contributed by atoms with E-state index in [-0.39, 0.29) is 18.3 Å². The van der Waals surface area contributed by atoms with Gasteiger partial charge in [0.25, 0.3) is 5.91 Å². The number of hydrogen-bond donors (Lipinski definition) is 3. The smallest absolute Gasteiger partial charge is 0.263 e. The number of nitrogens with zero attached hydrogens (tertiary/aromatic N) is 2. The van der Waals surface area contributed by atoms with E-state index in [1.807, 2.05) is 6.07 Å². The molecule has 3 rings (SSSR count). The lowest BCUT2D eigenvalue weighted by atomic mass is 10.2. The van der Waals surface area contributed by atoms with Crippen LogP contribution in [0.2, 0.25) is 0 Å². The number of carbonyl (C=O) groups is 1. The van der Waals surface area contributed by atoms with Crippen LogP contribution in [0.1, 0.15) is 0 Å². The van der Waals surface area contributed by atoms with E-state index in [9.17, 15) is 10.1 Å². The van der Waals surface area contributed by atoms with Crippen LogP contribution in [0.5, 0.6) is 11.5 Å².